The number of hydrogen-bond donors (Lipinski definition) is 1. The van der Waals surface area contributed by atoms with E-state index in [0.717, 1.165) is 16.7 Å². The molecule has 4 aromatic carbocycles. The van der Waals surface area contributed by atoms with Crippen LogP contribution in [0.4, 0.5) is 0 Å². The Bertz CT molecular complexity index is 1430. The Labute approximate surface area is 204 Å². The first-order chi connectivity index (χ1) is 16.8. The van der Waals surface area contributed by atoms with Crippen LogP contribution < -0.4 is 8.92 Å². The number of para-hydroxylation sites is 1. The van der Waals surface area contributed by atoms with Crippen LogP contribution in [0, 0.1) is 6.92 Å². The first-order valence-corrected chi connectivity index (χ1v) is 12.3. The highest BCUT2D eigenvalue weighted by atomic mass is 32.2. The Hall–Kier alpha value is -4.10. The third kappa shape index (κ3) is 6.28. The van der Waals surface area contributed by atoms with Crippen molar-refractivity contribution in [2.75, 3.05) is 0 Å². The SMILES string of the molecule is Cc1cc(CC(=O)O)cc(OS(=O)(=O)c2ccccc2OCc2ccc(-c3ccccc3)cc2)c1. The summed E-state index contributed by atoms with van der Waals surface area (Å²) >= 11 is 0. The lowest BCUT2D eigenvalue weighted by atomic mass is 10.0. The smallest absolute Gasteiger partial charge is 0.342 e. The minimum Gasteiger partial charge on any atom is -0.487 e. The molecular formula is C28H24O6S. The second-order valence-corrected chi connectivity index (χ2v) is 9.58. The van der Waals surface area contributed by atoms with E-state index in [1.165, 1.54) is 12.1 Å². The topological polar surface area (TPSA) is 89.9 Å². The number of aryl methyl sites for hydroxylation is 1. The summed E-state index contributed by atoms with van der Waals surface area (Å²) in [4.78, 5) is 10.9. The molecule has 35 heavy (non-hydrogen) atoms. The monoisotopic (exact) mass is 488 g/mol. The van der Waals surface area contributed by atoms with Crippen LogP contribution in [0.3, 0.4) is 0 Å². The van der Waals surface area contributed by atoms with Crippen molar-refractivity contribution in [1.82, 2.24) is 0 Å². The van der Waals surface area contributed by atoms with Gasteiger partial charge >= 0.3 is 16.1 Å². The zero-order valence-electron chi connectivity index (χ0n) is 19.0. The Kier molecular flexibility index (Phi) is 7.17. The van der Waals surface area contributed by atoms with Gasteiger partial charge in [0.1, 0.15) is 23.0 Å². The molecule has 0 saturated heterocycles. The van der Waals surface area contributed by atoms with Gasteiger partial charge < -0.3 is 14.0 Å². The normalized spacial score (nSPS) is 11.1. The second-order valence-electron chi connectivity index (χ2n) is 8.06. The van der Waals surface area contributed by atoms with Crippen LogP contribution in [0.25, 0.3) is 11.1 Å². The van der Waals surface area contributed by atoms with E-state index in [-0.39, 0.29) is 29.4 Å². The van der Waals surface area contributed by atoms with Crippen molar-refractivity contribution >= 4 is 16.1 Å². The molecule has 0 atom stereocenters. The van der Waals surface area contributed by atoms with E-state index in [4.69, 9.17) is 14.0 Å². The van der Waals surface area contributed by atoms with Gasteiger partial charge in [0.15, 0.2) is 0 Å². The predicted molar refractivity (Wildman–Crippen MR) is 133 cm³/mol. The maximum Gasteiger partial charge on any atom is 0.342 e. The molecule has 0 aliphatic carbocycles. The molecule has 0 amide bonds. The number of benzene rings is 4. The van der Waals surface area contributed by atoms with Crippen LogP contribution in [-0.4, -0.2) is 19.5 Å². The van der Waals surface area contributed by atoms with Gasteiger partial charge in [0.25, 0.3) is 0 Å². The van der Waals surface area contributed by atoms with E-state index < -0.39 is 16.1 Å². The molecule has 7 heteroatoms. The van der Waals surface area contributed by atoms with Gasteiger partial charge in [0, 0.05) is 0 Å². The molecule has 0 unspecified atom stereocenters. The van der Waals surface area contributed by atoms with Crippen LogP contribution in [0.5, 0.6) is 11.5 Å². The van der Waals surface area contributed by atoms with E-state index >= 15 is 0 Å². The molecule has 4 aromatic rings. The summed E-state index contributed by atoms with van der Waals surface area (Å²) in [6, 6.07) is 28.7. The lowest BCUT2D eigenvalue weighted by molar-refractivity contribution is -0.136. The molecule has 1 N–H and O–H groups in total. The highest BCUT2D eigenvalue weighted by Crippen LogP contribution is 2.29. The minimum absolute atomic E-state index is 0.0487. The number of rotatable bonds is 9. The molecule has 0 aliphatic rings. The fourth-order valence-electron chi connectivity index (χ4n) is 3.68. The molecule has 0 heterocycles. The number of aliphatic carboxylic acids is 1. The number of carbonyl (C=O) groups is 1. The molecule has 0 aromatic heterocycles. The van der Waals surface area contributed by atoms with Crippen molar-refractivity contribution in [1.29, 1.82) is 0 Å². The van der Waals surface area contributed by atoms with E-state index in [1.54, 1.807) is 37.3 Å². The number of ether oxygens (including phenoxy) is 1. The van der Waals surface area contributed by atoms with Gasteiger partial charge in [0.2, 0.25) is 0 Å². The first-order valence-electron chi connectivity index (χ1n) is 10.9. The molecule has 0 bridgehead atoms. The third-order valence-electron chi connectivity index (χ3n) is 5.25. The van der Waals surface area contributed by atoms with Crippen molar-refractivity contribution < 1.29 is 27.2 Å². The van der Waals surface area contributed by atoms with Crippen molar-refractivity contribution in [2.45, 2.75) is 24.8 Å². The molecule has 4 rings (SSSR count). The van der Waals surface area contributed by atoms with Gasteiger partial charge in [-0.2, -0.15) is 8.42 Å². The Balaban J connectivity index is 1.51. The molecule has 0 spiro atoms. The number of hydrogen-bond acceptors (Lipinski definition) is 5. The minimum atomic E-state index is -4.23. The molecule has 178 valence electrons. The van der Waals surface area contributed by atoms with Crippen molar-refractivity contribution in [3.63, 3.8) is 0 Å². The van der Waals surface area contributed by atoms with Gasteiger partial charge in [0.05, 0.1) is 6.42 Å². The molecule has 0 saturated carbocycles. The van der Waals surface area contributed by atoms with E-state index in [9.17, 15) is 13.2 Å². The third-order valence-corrected chi connectivity index (χ3v) is 6.53. The largest absolute Gasteiger partial charge is 0.487 e. The summed E-state index contributed by atoms with van der Waals surface area (Å²) in [5.41, 5.74) is 4.21. The first kappa shape index (κ1) is 24.0. The molecule has 0 aliphatic heterocycles. The second kappa shape index (κ2) is 10.4. The zero-order valence-corrected chi connectivity index (χ0v) is 19.9. The maximum atomic E-state index is 13.1. The average Bonchev–Trinajstić information content (AvgIpc) is 2.83. The van der Waals surface area contributed by atoms with Crippen LogP contribution in [-0.2, 0) is 27.9 Å². The van der Waals surface area contributed by atoms with Crippen LogP contribution in [0.2, 0.25) is 0 Å². The Morgan fingerprint density at radius 1 is 0.800 bits per heavy atom. The Morgan fingerprint density at radius 2 is 1.46 bits per heavy atom. The van der Waals surface area contributed by atoms with Crippen LogP contribution >= 0.6 is 0 Å². The Morgan fingerprint density at radius 3 is 2.17 bits per heavy atom. The quantitative estimate of drug-likeness (QED) is 0.307. The molecule has 0 radical (unpaired) electrons. The zero-order chi connectivity index (χ0) is 24.8. The van der Waals surface area contributed by atoms with Gasteiger partial charge in [-0.15, -0.1) is 0 Å². The summed E-state index contributed by atoms with van der Waals surface area (Å²) in [6.45, 7) is 1.92. The van der Waals surface area contributed by atoms with Gasteiger partial charge in [-0.25, -0.2) is 0 Å². The summed E-state index contributed by atoms with van der Waals surface area (Å²) < 4.78 is 37.3. The van der Waals surface area contributed by atoms with Crippen molar-refractivity contribution in [3.05, 3.63) is 114 Å². The summed E-state index contributed by atoms with van der Waals surface area (Å²) in [5.74, 6) is -0.800. The fourth-order valence-corrected chi connectivity index (χ4v) is 4.74. The van der Waals surface area contributed by atoms with Gasteiger partial charge in [-0.3, -0.25) is 4.79 Å². The summed E-state index contributed by atoms with van der Waals surface area (Å²) in [5, 5.41) is 9.05. The number of carboxylic acids is 1. The van der Waals surface area contributed by atoms with Crippen molar-refractivity contribution in [3.8, 4) is 22.6 Å². The average molecular weight is 489 g/mol. The summed E-state index contributed by atoms with van der Waals surface area (Å²) in [7, 11) is -4.23. The molecule has 0 fully saturated rings. The van der Waals surface area contributed by atoms with Gasteiger partial charge in [-0.05, 0) is 59.0 Å². The van der Waals surface area contributed by atoms with E-state index in [1.807, 2.05) is 54.6 Å². The fraction of sp³-hybridized carbons (Fsp3) is 0.107. The van der Waals surface area contributed by atoms with Crippen LogP contribution in [0.15, 0.2) is 102 Å². The lowest BCUT2D eigenvalue weighted by Crippen LogP contribution is -2.12. The summed E-state index contributed by atoms with van der Waals surface area (Å²) in [6.07, 6.45) is -0.235. The van der Waals surface area contributed by atoms with Crippen molar-refractivity contribution in [2.24, 2.45) is 0 Å². The highest BCUT2D eigenvalue weighted by Gasteiger charge is 2.22. The van der Waals surface area contributed by atoms with E-state index in [0.29, 0.717) is 11.1 Å². The van der Waals surface area contributed by atoms with Gasteiger partial charge in [-0.1, -0.05) is 72.8 Å². The predicted octanol–water partition coefficient (Wildman–Crippen LogP) is 5.64. The highest BCUT2D eigenvalue weighted by molar-refractivity contribution is 7.87. The lowest BCUT2D eigenvalue weighted by Gasteiger charge is -2.14. The molecule has 6 nitrogen and oxygen atoms in total. The standard InChI is InChI=1S/C28H24O6S/c1-20-15-22(18-28(29)30)17-25(16-20)34-35(31,32)27-10-6-5-9-26(27)33-19-21-11-13-24(14-12-21)23-7-3-2-4-8-23/h2-17H,18-19H2,1H3,(H,29,30). The number of carboxylic acid groups (broad SMARTS) is 1. The maximum absolute atomic E-state index is 13.1. The molecular weight excluding hydrogens is 464 g/mol. The van der Waals surface area contributed by atoms with E-state index in [2.05, 4.69) is 0 Å². The van der Waals surface area contributed by atoms with Crippen LogP contribution in [0.1, 0.15) is 16.7 Å².